The standard InChI is InChI=1S/C46H38N2/c1-31-21-28-42-43(29-31)48(37-17-9-4-10-18-37)46(47-42)35-24-22-32(23-25-35)36-26-27-40-41(30-36)45(34-15-7-3-8-16-34)39-20-12-11-19-38(39)44(40)33-13-5-2-6-14-33/h2-5,7-13,15-28,30-31,46-47H,6,14,29H2,1H3. The molecule has 9 rings (SSSR count). The van der Waals surface area contributed by atoms with Crippen molar-refractivity contribution >= 4 is 32.8 Å². The Kier molecular flexibility index (Phi) is 7.08. The van der Waals surface area contributed by atoms with E-state index in [1.807, 2.05) is 0 Å². The topological polar surface area (TPSA) is 15.3 Å². The highest BCUT2D eigenvalue weighted by Gasteiger charge is 2.34. The third-order valence-electron chi connectivity index (χ3n) is 10.3. The number of benzene rings is 6. The van der Waals surface area contributed by atoms with Crippen LogP contribution in [0, 0.1) is 5.92 Å². The van der Waals surface area contributed by atoms with Crippen molar-refractivity contribution in [2.45, 2.75) is 32.4 Å². The minimum atomic E-state index is 0.0504. The fraction of sp³-hybridized carbons (Fsp3) is 0.130. The van der Waals surface area contributed by atoms with E-state index in [9.17, 15) is 0 Å². The first-order chi connectivity index (χ1) is 23.7. The molecule has 0 saturated carbocycles. The summed E-state index contributed by atoms with van der Waals surface area (Å²) in [6.07, 6.45) is 14.6. The average molecular weight is 619 g/mol. The van der Waals surface area contributed by atoms with Crippen molar-refractivity contribution in [1.82, 2.24) is 5.32 Å². The lowest BCUT2D eigenvalue weighted by Gasteiger charge is -2.30. The number of para-hydroxylation sites is 1. The van der Waals surface area contributed by atoms with Crippen LogP contribution >= 0.6 is 0 Å². The Hall–Kier alpha value is -5.60. The average Bonchev–Trinajstić information content (AvgIpc) is 3.53. The van der Waals surface area contributed by atoms with E-state index in [4.69, 9.17) is 0 Å². The van der Waals surface area contributed by atoms with Gasteiger partial charge in [-0.15, -0.1) is 0 Å². The van der Waals surface area contributed by atoms with Gasteiger partial charge in [-0.25, -0.2) is 0 Å². The molecule has 2 aliphatic carbocycles. The zero-order valence-electron chi connectivity index (χ0n) is 27.2. The van der Waals surface area contributed by atoms with Crippen LogP contribution in [0.5, 0.6) is 0 Å². The number of anilines is 1. The number of hydrogen-bond donors (Lipinski definition) is 1. The van der Waals surface area contributed by atoms with Gasteiger partial charge in [-0.3, -0.25) is 0 Å². The molecule has 2 nitrogen and oxygen atoms in total. The van der Waals surface area contributed by atoms with Gasteiger partial charge in [-0.2, -0.15) is 0 Å². The quantitative estimate of drug-likeness (QED) is 0.193. The van der Waals surface area contributed by atoms with E-state index in [2.05, 4.69) is 175 Å². The highest BCUT2D eigenvalue weighted by Crippen LogP contribution is 2.45. The van der Waals surface area contributed by atoms with Crippen molar-refractivity contribution in [2.75, 3.05) is 4.90 Å². The Morgan fingerprint density at radius 3 is 2.08 bits per heavy atom. The molecule has 0 radical (unpaired) electrons. The van der Waals surface area contributed by atoms with E-state index in [1.54, 1.807) is 0 Å². The molecule has 1 N–H and O–H groups in total. The molecule has 232 valence electrons. The Bertz CT molecular complexity index is 2290. The van der Waals surface area contributed by atoms with E-state index in [1.165, 1.54) is 77.6 Å². The fourth-order valence-electron chi connectivity index (χ4n) is 7.98. The summed E-state index contributed by atoms with van der Waals surface area (Å²) in [5.74, 6) is 0.523. The first kappa shape index (κ1) is 28.6. The molecule has 0 fully saturated rings. The van der Waals surface area contributed by atoms with Gasteiger partial charge in [-0.1, -0.05) is 140 Å². The molecule has 48 heavy (non-hydrogen) atoms. The molecule has 6 aromatic rings. The molecule has 0 spiro atoms. The number of hydrogen-bond acceptors (Lipinski definition) is 2. The summed E-state index contributed by atoms with van der Waals surface area (Å²) < 4.78 is 0. The van der Waals surface area contributed by atoms with Gasteiger partial charge in [-0.05, 0) is 110 Å². The van der Waals surface area contributed by atoms with Crippen LogP contribution < -0.4 is 10.2 Å². The van der Waals surface area contributed by atoms with Crippen molar-refractivity contribution in [1.29, 1.82) is 0 Å². The van der Waals surface area contributed by atoms with Crippen LogP contribution in [0.25, 0.3) is 49.4 Å². The van der Waals surface area contributed by atoms with E-state index < -0.39 is 0 Å². The lowest BCUT2D eigenvalue weighted by Crippen LogP contribution is -2.29. The number of fused-ring (bicyclic) bond motifs is 2. The maximum atomic E-state index is 3.85. The minimum absolute atomic E-state index is 0.0504. The maximum Gasteiger partial charge on any atom is 0.130 e. The van der Waals surface area contributed by atoms with Gasteiger partial charge in [0.15, 0.2) is 0 Å². The Morgan fingerprint density at radius 2 is 1.33 bits per heavy atom. The molecule has 0 aromatic heterocycles. The molecule has 2 atom stereocenters. The van der Waals surface area contributed by atoms with Crippen LogP contribution in [0.3, 0.4) is 0 Å². The van der Waals surface area contributed by atoms with Gasteiger partial charge in [0, 0.05) is 11.4 Å². The van der Waals surface area contributed by atoms with E-state index in [0.29, 0.717) is 5.92 Å². The van der Waals surface area contributed by atoms with E-state index in [0.717, 1.165) is 19.3 Å². The normalized spacial score (nSPS) is 18.7. The largest absolute Gasteiger partial charge is 0.360 e. The van der Waals surface area contributed by atoms with Gasteiger partial charge < -0.3 is 10.2 Å². The summed E-state index contributed by atoms with van der Waals surface area (Å²) in [5, 5.41) is 9.11. The minimum Gasteiger partial charge on any atom is -0.360 e. The predicted octanol–water partition coefficient (Wildman–Crippen LogP) is 12.0. The molecule has 0 amide bonds. The van der Waals surface area contributed by atoms with E-state index >= 15 is 0 Å². The highest BCUT2D eigenvalue weighted by atomic mass is 15.3. The number of nitrogens with zero attached hydrogens (tertiary/aromatic N) is 1. The molecule has 1 aliphatic heterocycles. The molecule has 2 heteroatoms. The van der Waals surface area contributed by atoms with E-state index in [-0.39, 0.29) is 6.17 Å². The zero-order chi connectivity index (χ0) is 32.0. The van der Waals surface area contributed by atoms with Gasteiger partial charge in [0.05, 0.1) is 5.70 Å². The monoisotopic (exact) mass is 618 g/mol. The van der Waals surface area contributed by atoms with Crippen molar-refractivity contribution in [3.05, 3.63) is 180 Å². The molecule has 0 saturated heterocycles. The fourth-order valence-corrected chi connectivity index (χ4v) is 7.98. The summed E-state index contributed by atoms with van der Waals surface area (Å²) in [6.45, 7) is 2.30. The lowest BCUT2D eigenvalue weighted by molar-refractivity contribution is 0.634. The number of allylic oxidation sites excluding steroid dienone is 7. The van der Waals surface area contributed by atoms with Crippen molar-refractivity contribution in [2.24, 2.45) is 5.92 Å². The summed E-state index contributed by atoms with van der Waals surface area (Å²) in [7, 11) is 0. The molecule has 2 unspecified atom stereocenters. The third-order valence-corrected chi connectivity index (χ3v) is 10.3. The Morgan fingerprint density at radius 1 is 0.646 bits per heavy atom. The second-order valence-corrected chi connectivity index (χ2v) is 13.4. The van der Waals surface area contributed by atoms with Crippen molar-refractivity contribution in [3.8, 4) is 22.3 Å². The molecular formula is C46H38N2. The highest BCUT2D eigenvalue weighted by molar-refractivity contribution is 6.19. The van der Waals surface area contributed by atoms with Crippen LogP contribution in [0.4, 0.5) is 5.69 Å². The third kappa shape index (κ3) is 4.88. The molecular weight excluding hydrogens is 581 g/mol. The number of nitrogens with one attached hydrogen (secondary N) is 1. The summed E-state index contributed by atoms with van der Waals surface area (Å²) in [4.78, 5) is 2.49. The van der Waals surface area contributed by atoms with Crippen LogP contribution in [0.15, 0.2) is 169 Å². The van der Waals surface area contributed by atoms with Crippen LogP contribution in [0.2, 0.25) is 0 Å². The number of rotatable bonds is 5. The first-order valence-corrected chi connectivity index (χ1v) is 17.3. The molecule has 1 heterocycles. The van der Waals surface area contributed by atoms with Crippen LogP contribution in [0.1, 0.15) is 43.5 Å². The second kappa shape index (κ2) is 11.9. The summed E-state index contributed by atoms with van der Waals surface area (Å²) in [5.41, 5.74) is 12.9. The van der Waals surface area contributed by atoms with Crippen LogP contribution in [-0.2, 0) is 0 Å². The van der Waals surface area contributed by atoms with Crippen LogP contribution in [-0.4, -0.2) is 0 Å². The van der Waals surface area contributed by atoms with Gasteiger partial charge >= 0.3 is 0 Å². The first-order valence-electron chi connectivity index (χ1n) is 17.3. The van der Waals surface area contributed by atoms with Gasteiger partial charge in [0.1, 0.15) is 6.17 Å². The molecule has 0 bridgehead atoms. The summed E-state index contributed by atoms with van der Waals surface area (Å²) in [6, 6.07) is 47.0. The lowest BCUT2D eigenvalue weighted by atomic mass is 9.83. The van der Waals surface area contributed by atoms with Crippen molar-refractivity contribution < 1.29 is 0 Å². The predicted molar refractivity (Wildman–Crippen MR) is 203 cm³/mol. The SMILES string of the molecule is CC1C=CC2=C(C1)N(c1ccccc1)C(c1ccc(-c3ccc4c(C5=CC=CCC5)c5ccccc5c(-c5ccccc5)c4c3)cc1)N2. The second-order valence-electron chi connectivity index (χ2n) is 13.4. The Labute approximate surface area is 283 Å². The summed E-state index contributed by atoms with van der Waals surface area (Å²) >= 11 is 0. The van der Waals surface area contributed by atoms with Gasteiger partial charge in [0.25, 0.3) is 0 Å². The maximum absolute atomic E-state index is 3.85. The van der Waals surface area contributed by atoms with Gasteiger partial charge in [0.2, 0.25) is 0 Å². The smallest absolute Gasteiger partial charge is 0.130 e. The molecule has 6 aromatic carbocycles. The Balaban J connectivity index is 1.16. The molecule has 3 aliphatic rings. The zero-order valence-corrected chi connectivity index (χ0v) is 27.2. The van der Waals surface area contributed by atoms with Crippen molar-refractivity contribution in [3.63, 3.8) is 0 Å².